The standard InChI is InChI=1S/C13H17NO2S/c1-9-3-4-11(12(15)10(9)2)13(16)14-5-7-17-8-6-14/h3-4,15H,5-8H2,1-2H3. The summed E-state index contributed by atoms with van der Waals surface area (Å²) >= 11 is 1.86. The molecule has 1 aliphatic rings. The van der Waals surface area contributed by atoms with Gasteiger partial charge >= 0.3 is 0 Å². The van der Waals surface area contributed by atoms with E-state index in [1.54, 1.807) is 6.07 Å². The number of hydrogen-bond acceptors (Lipinski definition) is 3. The first kappa shape index (κ1) is 12.3. The van der Waals surface area contributed by atoms with Crippen LogP contribution in [0.25, 0.3) is 0 Å². The largest absolute Gasteiger partial charge is 0.507 e. The Hall–Kier alpha value is -1.16. The molecule has 0 aliphatic carbocycles. The molecule has 0 aromatic heterocycles. The fourth-order valence-corrected chi connectivity index (χ4v) is 2.81. The highest BCUT2D eigenvalue weighted by atomic mass is 32.2. The fraction of sp³-hybridized carbons (Fsp3) is 0.462. The number of nitrogens with zero attached hydrogens (tertiary/aromatic N) is 1. The molecule has 3 nitrogen and oxygen atoms in total. The SMILES string of the molecule is Cc1ccc(C(=O)N2CCSCC2)c(O)c1C. The Kier molecular flexibility index (Phi) is 3.62. The molecule has 0 saturated carbocycles. The molecular weight excluding hydrogens is 234 g/mol. The van der Waals surface area contributed by atoms with E-state index in [1.807, 2.05) is 36.6 Å². The van der Waals surface area contributed by atoms with Gasteiger partial charge in [0.2, 0.25) is 0 Å². The summed E-state index contributed by atoms with van der Waals surface area (Å²) in [4.78, 5) is 14.1. The molecule has 4 heteroatoms. The lowest BCUT2D eigenvalue weighted by atomic mass is 10.0. The van der Waals surface area contributed by atoms with Crippen LogP contribution in [0.15, 0.2) is 12.1 Å². The topological polar surface area (TPSA) is 40.5 Å². The molecule has 1 saturated heterocycles. The van der Waals surface area contributed by atoms with Crippen LogP contribution in [0.2, 0.25) is 0 Å². The molecule has 1 aromatic rings. The molecule has 0 atom stereocenters. The number of aromatic hydroxyl groups is 1. The number of rotatable bonds is 1. The Morgan fingerprint density at radius 2 is 1.94 bits per heavy atom. The smallest absolute Gasteiger partial charge is 0.257 e. The van der Waals surface area contributed by atoms with Gasteiger partial charge in [-0.2, -0.15) is 11.8 Å². The molecule has 1 amide bonds. The van der Waals surface area contributed by atoms with Crippen LogP contribution in [0.4, 0.5) is 0 Å². The lowest BCUT2D eigenvalue weighted by Crippen LogP contribution is -2.37. The maximum absolute atomic E-state index is 12.2. The molecule has 92 valence electrons. The van der Waals surface area contributed by atoms with E-state index in [0.29, 0.717) is 5.56 Å². The number of amides is 1. The normalized spacial score (nSPS) is 16.0. The van der Waals surface area contributed by atoms with Gasteiger partial charge in [0.25, 0.3) is 5.91 Å². The van der Waals surface area contributed by atoms with Gasteiger partial charge in [-0.1, -0.05) is 6.07 Å². The van der Waals surface area contributed by atoms with Crippen LogP contribution in [0, 0.1) is 13.8 Å². The molecule has 0 unspecified atom stereocenters. The van der Waals surface area contributed by atoms with Crippen LogP contribution in [-0.4, -0.2) is 40.5 Å². The number of carbonyl (C=O) groups excluding carboxylic acids is 1. The molecule has 1 N–H and O–H groups in total. The van der Waals surface area contributed by atoms with E-state index in [2.05, 4.69) is 0 Å². The Morgan fingerprint density at radius 3 is 2.59 bits per heavy atom. The average molecular weight is 251 g/mol. The van der Waals surface area contributed by atoms with Crippen molar-refractivity contribution >= 4 is 17.7 Å². The predicted octanol–water partition coefficient (Wildman–Crippen LogP) is 2.20. The zero-order chi connectivity index (χ0) is 12.4. The second-order valence-electron chi connectivity index (χ2n) is 4.31. The van der Waals surface area contributed by atoms with Gasteiger partial charge in [-0.3, -0.25) is 4.79 Å². The molecule has 1 heterocycles. The van der Waals surface area contributed by atoms with Crippen LogP contribution in [-0.2, 0) is 0 Å². The van der Waals surface area contributed by atoms with Crippen molar-refractivity contribution in [3.05, 3.63) is 28.8 Å². The van der Waals surface area contributed by atoms with Crippen molar-refractivity contribution in [2.24, 2.45) is 0 Å². The second-order valence-corrected chi connectivity index (χ2v) is 5.53. The van der Waals surface area contributed by atoms with E-state index in [0.717, 1.165) is 35.7 Å². The molecule has 1 fully saturated rings. The number of carbonyl (C=O) groups is 1. The number of benzene rings is 1. The van der Waals surface area contributed by atoms with Gasteiger partial charge in [-0.15, -0.1) is 0 Å². The molecule has 0 radical (unpaired) electrons. The van der Waals surface area contributed by atoms with Crippen LogP contribution in [0.1, 0.15) is 21.5 Å². The van der Waals surface area contributed by atoms with Crippen molar-refractivity contribution < 1.29 is 9.90 Å². The van der Waals surface area contributed by atoms with Gasteiger partial charge in [0.15, 0.2) is 0 Å². The molecule has 0 bridgehead atoms. The number of phenols is 1. The van der Waals surface area contributed by atoms with Gasteiger partial charge in [-0.25, -0.2) is 0 Å². The summed E-state index contributed by atoms with van der Waals surface area (Å²) in [5.74, 6) is 2.05. The van der Waals surface area contributed by atoms with E-state index < -0.39 is 0 Å². The molecule has 17 heavy (non-hydrogen) atoms. The van der Waals surface area contributed by atoms with Crippen LogP contribution >= 0.6 is 11.8 Å². The Morgan fingerprint density at radius 1 is 1.29 bits per heavy atom. The molecular formula is C13H17NO2S. The summed E-state index contributed by atoms with van der Waals surface area (Å²) in [5.41, 5.74) is 2.23. The minimum absolute atomic E-state index is 0.0501. The van der Waals surface area contributed by atoms with E-state index in [9.17, 15) is 9.90 Å². The molecule has 1 aromatic carbocycles. The van der Waals surface area contributed by atoms with Crippen LogP contribution in [0.3, 0.4) is 0 Å². The lowest BCUT2D eigenvalue weighted by molar-refractivity contribution is 0.0769. The number of hydrogen-bond donors (Lipinski definition) is 1. The monoisotopic (exact) mass is 251 g/mol. The van der Waals surface area contributed by atoms with Crippen molar-refractivity contribution in [1.29, 1.82) is 0 Å². The zero-order valence-corrected chi connectivity index (χ0v) is 11.0. The van der Waals surface area contributed by atoms with E-state index in [-0.39, 0.29) is 11.7 Å². The molecule has 0 spiro atoms. The Balaban J connectivity index is 2.27. The summed E-state index contributed by atoms with van der Waals surface area (Å²) < 4.78 is 0. The maximum Gasteiger partial charge on any atom is 0.257 e. The lowest BCUT2D eigenvalue weighted by Gasteiger charge is -2.27. The maximum atomic E-state index is 12.2. The van der Waals surface area contributed by atoms with Crippen molar-refractivity contribution in [3.8, 4) is 5.75 Å². The number of thioether (sulfide) groups is 1. The Bertz CT molecular complexity index is 439. The summed E-state index contributed by atoms with van der Waals surface area (Å²) in [6, 6.07) is 3.61. The molecule has 1 aliphatic heterocycles. The van der Waals surface area contributed by atoms with E-state index >= 15 is 0 Å². The highest BCUT2D eigenvalue weighted by Gasteiger charge is 2.21. The minimum atomic E-state index is -0.0501. The van der Waals surface area contributed by atoms with Gasteiger partial charge in [0, 0.05) is 24.6 Å². The van der Waals surface area contributed by atoms with Crippen LogP contribution in [0.5, 0.6) is 5.75 Å². The first-order chi connectivity index (χ1) is 8.11. The van der Waals surface area contributed by atoms with Crippen molar-refractivity contribution in [1.82, 2.24) is 4.90 Å². The summed E-state index contributed by atoms with van der Waals surface area (Å²) in [5, 5.41) is 10.0. The fourth-order valence-electron chi connectivity index (χ4n) is 1.91. The zero-order valence-electron chi connectivity index (χ0n) is 10.2. The predicted molar refractivity (Wildman–Crippen MR) is 70.8 cm³/mol. The van der Waals surface area contributed by atoms with Crippen LogP contribution < -0.4 is 0 Å². The second kappa shape index (κ2) is 5.00. The number of phenolic OH excluding ortho intramolecular Hbond substituents is 1. The van der Waals surface area contributed by atoms with Gasteiger partial charge < -0.3 is 10.0 Å². The number of aryl methyl sites for hydroxylation is 1. The average Bonchev–Trinajstić information content (AvgIpc) is 2.36. The summed E-state index contributed by atoms with van der Waals surface area (Å²) in [7, 11) is 0. The van der Waals surface area contributed by atoms with Gasteiger partial charge in [0.1, 0.15) is 5.75 Å². The highest BCUT2D eigenvalue weighted by Crippen LogP contribution is 2.26. The van der Waals surface area contributed by atoms with E-state index in [1.165, 1.54) is 0 Å². The van der Waals surface area contributed by atoms with Crippen molar-refractivity contribution in [2.75, 3.05) is 24.6 Å². The third-order valence-corrected chi connectivity index (χ3v) is 4.17. The minimum Gasteiger partial charge on any atom is -0.507 e. The third-order valence-electron chi connectivity index (χ3n) is 3.23. The summed E-state index contributed by atoms with van der Waals surface area (Å²) in [6.45, 7) is 5.32. The summed E-state index contributed by atoms with van der Waals surface area (Å²) in [6.07, 6.45) is 0. The Labute approximate surface area is 106 Å². The third kappa shape index (κ3) is 2.41. The van der Waals surface area contributed by atoms with Gasteiger partial charge in [0.05, 0.1) is 5.56 Å². The van der Waals surface area contributed by atoms with E-state index in [4.69, 9.17) is 0 Å². The van der Waals surface area contributed by atoms with Gasteiger partial charge in [-0.05, 0) is 31.0 Å². The van der Waals surface area contributed by atoms with Crippen molar-refractivity contribution in [3.63, 3.8) is 0 Å². The molecule has 2 rings (SSSR count). The first-order valence-corrected chi connectivity index (χ1v) is 6.93. The van der Waals surface area contributed by atoms with Crippen molar-refractivity contribution in [2.45, 2.75) is 13.8 Å². The first-order valence-electron chi connectivity index (χ1n) is 5.77. The quantitative estimate of drug-likeness (QED) is 0.832. The highest BCUT2D eigenvalue weighted by molar-refractivity contribution is 7.99.